The summed E-state index contributed by atoms with van der Waals surface area (Å²) in [5.74, 6) is -1.34. The summed E-state index contributed by atoms with van der Waals surface area (Å²) in [6, 6.07) is 0. The molecule has 0 spiro atoms. The number of carboxylic acids is 1. The summed E-state index contributed by atoms with van der Waals surface area (Å²) in [6.45, 7) is 5.22. The van der Waals surface area contributed by atoms with Gasteiger partial charge in [0.15, 0.2) is 0 Å². The van der Waals surface area contributed by atoms with Crippen LogP contribution in [0, 0.1) is 17.8 Å². The number of carbonyl (C=O) groups excluding carboxylic acids is 1. The van der Waals surface area contributed by atoms with Crippen molar-refractivity contribution in [2.75, 3.05) is 6.54 Å². The van der Waals surface area contributed by atoms with Gasteiger partial charge >= 0.3 is 11.9 Å². The van der Waals surface area contributed by atoms with Gasteiger partial charge in [-0.15, -0.1) is 0 Å². The number of hydrogen-bond acceptors (Lipinski definition) is 5. The topological polar surface area (TPSA) is 95.9 Å². The Bertz CT molecular complexity index is 510. The Hall–Kier alpha value is -1.14. The highest BCUT2D eigenvalue weighted by Gasteiger charge is 2.66. The molecule has 0 aliphatic heterocycles. The Morgan fingerprint density at radius 3 is 2.22 bits per heavy atom. The third kappa shape index (κ3) is 2.98. The predicted molar refractivity (Wildman–Crippen MR) is 82.7 cm³/mol. The maximum absolute atomic E-state index is 12.8. The fourth-order valence-electron chi connectivity index (χ4n) is 5.44. The second-order valence-corrected chi connectivity index (χ2v) is 8.76. The minimum atomic E-state index is -1.07. The zero-order chi connectivity index (χ0) is 17.0. The summed E-state index contributed by atoms with van der Waals surface area (Å²) in [5.41, 5.74) is -2.35. The van der Waals surface area contributed by atoms with Crippen LogP contribution in [-0.2, 0) is 14.3 Å². The van der Waals surface area contributed by atoms with Gasteiger partial charge in [0.25, 0.3) is 0 Å². The van der Waals surface area contributed by atoms with E-state index in [9.17, 15) is 14.7 Å². The highest BCUT2D eigenvalue weighted by atomic mass is 16.6. The molecule has 6 nitrogen and oxygen atoms in total. The van der Waals surface area contributed by atoms with E-state index in [0.717, 1.165) is 19.3 Å². The van der Waals surface area contributed by atoms with E-state index in [1.165, 1.54) is 0 Å². The molecule has 3 unspecified atom stereocenters. The molecule has 4 rings (SSSR count). The van der Waals surface area contributed by atoms with Gasteiger partial charge < -0.3 is 20.3 Å². The average molecular weight is 325 g/mol. The Morgan fingerprint density at radius 2 is 1.74 bits per heavy atom. The first-order chi connectivity index (χ1) is 10.5. The minimum absolute atomic E-state index is 0.200. The first-order valence-electron chi connectivity index (χ1n) is 8.45. The van der Waals surface area contributed by atoms with Crippen LogP contribution in [0.1, 0.15) is 52.9 Å². The second-order valence-electron chi connectivity index (χ2n) is 8.76. The Kier molecular flexibility index (Phi) is 3.76. The molecule has 0 amide bonds. The van der Waals surface area contributed by atoms with Gasteiger partial charge in [-0.3, -0.25) is 9.59 Å². The molecule has 4 bridgehead atoms. The molecule has 4 saturated carbocycles. The van der Waals surface area contributed by atoms with Gasteiger partial charge in [0.2, 0.25) is 0 Å². The van der Waals surface area contributed by atoms with Crippen molar-refractivity contribution in [1.29, 1.82) is 0 Å². The quantitative estimate of drug-likeness (QED) is 0.675. The third-order valence-corrected chi connectivity index (χ3v) is 5.58. The van der Waals surface area contributed by atoms with Crippen molar-refractivity contribution < 1.29 is 24.5 Å². The molecule has 0 aromatic heterocycles. The van der Waals surface area contributed by atoms with E-state index in [1.807, 2.05) is 20.8 Å². The number of rotatable bonds is 4. The first kappa shape index (κ1) is 16.7. The van der Waals surface area contributed by atoms with Crippen LogP contribution >= 0.6 is 0 Å². The van der Waals surface area contributed by atoms with Crippen LogP contribution in [0.5, 0.6) is 0 Å². The monoisotopic (exact) mass is 325 g/mol. The van der Waals surface area contributed by atoms with E-state index in [0.29, 0.717) is 24.7 Å². The third-order valence-electron chi connectivity index (χ3n) is 5.58. The molecule has 3 atom stereocenters. The maximum atomic E-state index is 12.8. The number of esters is 1. The molecule has 4 aliphatic carbocycles. The van der Waals surface area contributed by atoms with Crippen LogP contribution in [-0.4, -0.2) is 45.4 Å². The summed E-state index contributed by atoms with van der Waals surface area (Å²) in [4.78, 5) is 23.9. The summed E-state index contributed by atoms with van der Waals surface area (Å²) in [5, 5.41) is 23.3. The van der Waals surface area contributed by atoms with E-state index in [4.69, 9.17) is 9.84 Å². The number of nitrogens with one attached hydrogen (secondary N) is 1. The van der Waals surface area contributed by atoms with Crippen LogP contribution in [0.4, 0.5) is 0 Å². The van der Waals surface area contributed by atoms with E-state index in [1.54, 1.807) is 0 Å². The van der Waals surface area contributed by atoms with E-state index < -0.39 is 34.6 Å². The highest BCUT2D eigenvalue weighted by Crippen LogP contribution is 2.60. The van der Waals surface area contributed by atoms with Crippen molar-refractivity contribution in [1.82, 2.24) is 5.32 Å². The molecular weight excluding hydrogens is 298 g/mol. The van der Waals surface area contributed by atoms with Crippen LogP contribution in [0.2, 0.25) is 0 Å². The van der Waals surface area contributed by atoms with Crippen LogP contribution in [0.25, 0.3) is 0 Å². The molecule has 3 N–H and O–H groups in total. The SMILES string of the molecule is CC(C)(C)OC(=O)C1C2(O)CC3CC(C2)CC1(NCC(=O)O)C3. The summed E-state index contributed by atoms with van der Waals surface area (Å²) < 4.78 is 5.57. The van der Waals surface area contributed by atoms with Crippen molar-refractivity contribution in [3.63, 3.8) is 0 Å². The summed E-state index contributed by atoms with van der Waals surface area (Å²) in [6.07, 6.45) is 3.78. The van der Waals surface area contributed by atoms with E-state index >= 15 is 0 Å². The fraction of sp³-hybridized carbons (Fsp3) is 0.882. The minimum Gasteiger partial charge on any atom is -0.480 e. The van der Waals surface area contributed by atoms with Gasteiger partial charge in [0.05, 0.1) is 12.1 Å². The average Bonchev–Trinajstić information content (AvgIpc) is 2.31. The molecule has 0 aromatic rings. The number of hydrogen-bond donors (Lipinski definition) is 3. The summed E-state index contributed by atoms with van der Waals surface area (Å²) in [7, 11) is 0. The predicted octanol–water partition coefficient (Wildman–Crippen LogP) is 1.31. The van der Waals surface area contributed by atoms with Gasteiger partial charge in [0.1, 0.15) is 11.5 Å². The first-order valence-corrected chi connectivity index (χ1v) is 8.45. The largest absolute Gasteiger partial charge is 0.480 e. The molecule has 4 aliphatic rings. The molecule has 4 fully saturated rings. The Labute approximate surface area is 136 Å². The highest BCUT2D eigenvalue weighted by molar-refractivity contribution is 5.77. The van der Waals surface area contributed by atoms with Crippen molar-refractivity contribution in [2.45, 2.75) is 69.6 Å². The lowest BCUT2D eigenvalue weighted by Crippen LogP contribution is -2.73. The molecule has 0 aromatic carbocycles. The Morgan fingerprint density at radius 1 is 1.17 bits per heavy atom. The molecule has 0 radical (unpaired) electrons. The maximum Gasteiger partial charge on any atom is 0.317 e. The number of carbonyl (C=O) groups is 2. The number of aliphatic hydroxyl groups is 1. The molecular formula is C17H27NO5. The summed E-state index contributed by atoms with van der Waals surface area (Å²) >= 11 is 0. The van der Waals surface area contributed by atoms with Crippen molar-refractivity contribution in [3.05, 3.63) is 0 Å². The van der Waals surface area contributed by atoms with Crippen molar-refractivity contribution in [2.24, 2.45) is 17.8 Å². The zero-order valence-corrected chi connectivity index (χ0v) is 14.1. The molecule has 0 heterocycles. The van der Waals surface area contributed by atoms with Crippen LogP contribution in [0.3, 0.4) is 0 Å². The van der Waals surface area contributed by atoms with Gasteiger partial charge in [0, 0.05) is 5.54 Å². The van der Waals surface area contributed by atoms with Gasteiger partial charge in [-0.1, -0.05) is 0 Å². The number of carboxylic acid groups (broad SMARTS) is 1. The van der Waals surface area contributed by atoms with Crippen molar-refractivity contribution in [3.8, 4) is 0 Å². The van der Waals surface area contributed by atoms with E-state index in [-0.39, 0.29) is 6.54 Å². The van der Waals surface area contributed by atoms with E-state index in [2.05, 4.69) is 5.32 Å². The molecule has 23 heavy (non-hydrogen) atoms. The zero-order valence-electron chi connectivity index (χ0n) is 14.1. The van der Waals surface area contributed by atoms with Crippen molar-refractivity contribution >= 4 is 11.9 Å². The van der Waals surface area contributed by atoms with Gasteiger partial charge in [-0.05, 0) is 64.7 Å². The standard InChI is InChI=1S/C17H27NO5/c1-15(2,3)23-14(21)13-16(18-9-12(19)20)5-10-4-11(6-16)8-17(13,22)7-10/h10-11,13,18,22H,4-9H2,1-3H3,(H,19,20). The lowest BCUT2D eigenvalue weighted by atomic mass is 9.46. The molecule has 130 valence electrons. The Balaban J connectivity index is 1.92. The normalized spacial score (nSPS) is 41.8. The molecule has 0 saturated heterocycles. The molecule has 6 heteroatoms. The van der Waals surface area contributed by atoms with Crippen LogP contribution < -0.4 is 5.32 Å². The fourth-order valence-corrected chi connectivity index (χ4v) is 5.44. The smallest absolute Gasteiger partial charge is 0.317 e. The second kappa shape index (κ2) is 5.18. The lowest BCUT2D eigenvalue weighted by Gasteiger charge is -2.63. The van der Waals surface area contributed by atoms with Gasteiger partial charge in [-0.2, -0.15) is 0 Å². The van der Waals surface area contributed by atoms with Crippen LogP contribution in [0.15, 0.2) is 0 Å². The lowest BCUT2D eigenvalue weighted by molar-refractivity contribution is -0.215. The number of aliphatic carboxylic acids is 1. The number of ether oxygens (including phenoxy) is 1. The van der Waals surface area contributed by atoms with Gasteiger partial charge in [-0.25, -0.2) is 0 Å².